The predicted octanol–water partition coefficient (Wildman–Crippen LogP) is 5.13. The topological polar surface area (TPSA) is 18.5 Å². The fourth-order valence-corrected chi connectivity index (χ4v) is 3.96. The molecule has 0 unspecified atom stereocenters. The van der Waals surface area contributed by atoms with Crippen LogP contribution < -0.4 is 0 Å². The zero-order valence-corrected chi connectivity index (χ0v) is 15.8. The smallest absolute Gasteiger partial charge is 0.241 e. The predicted molar refractivity (Wildman–Crippen MR) is 88.0 cm³/mol. The molecule has 19 heavy (non-hydrogen) atoms. The minimum Gasteiger partial charge on any atom is -0.547 e. The summed E-state index contributed by atoms with van der Waals surface area (Å²) in [5.41, 5.74) is 0. The Labute approximate surface area is 121 Å². The van der Waals surface area contributed by atoms with Gasteiger partial charge < -0.3 is 8.85 Å². The largest absolute Gasteiger partial charge is 0.547 e. The van der Waals surface area contributed by atoms with E-state index in [0.29, 0.717) is 11.8 Å². The Balaban J connectivity index is 2.91. The summed E-state index contributed by atoms with van der Waals surface area (Å²) in [7, 11) is -3.09. The summed E-state index contributed by atoms with van der Waals surface area (Å²) in [6.45, 7) is 17.9. The molecule has 4 heteroatoms. The van der Waals surface area contributed by atoms with Crippen LogP contribution in [0, 0.1) is 11.8 Å². The van der Waals surface area contributed by atoms with Crippen LogP contribution in [0.3, 0.4) is 0 Å². The number of allylic oxidation sites excluding steroid dienone is 2. The van der Waals surface area contributed by atoms with Gasteiger partial charge in [0.2, 0.25) is 16.6 Å². The molecule has 0 saturated carbocycles. The molecule has 0 saturated heterocycles. The van der Waals surface area contributed by atoms with Gasteiger partial charge in [0.1, 0.15) is 0 Å². The molecule has 0 fully saturated rings. The summed E-state index contributed by atoms with van der Waals surface area (Å²) in [5.74, 6) is 3.24. The van der Waals surface area contributed by atoms with Crippen molar-refractivity contribution in [2.24, 2.45) is 11.8 Å². The molecule has 0 aromatic rings. The van der Waals surface area contributed by atoms with Crippen LogP contribution in [0.5, 0.6) is 0 Å². The lowest BCUT2D eigenvalue weighted by molar-refractivity contribution is 0.356. The van der Waals surface area contributed by atoms with Crippen molar-refractivity contribution in [2.45, 2.75) is 59.6 Å². The molecule has 2 atom stereocenters. The standard InChI is InChI=1S/C15H30O2Si2/c1-12-9-14(16-18(3,4)5)11-15(10-13(12)2)17-19(6,7)8/h9-10,12-13H,11H2,1-8H3/t12-,13+. The molecular weight excluding hydrogens is 268 g/mol. The normalized spacial score (nSPS) is 25.3. The van der Waals surface area contributed by atoms with Crippen LogP contribution in [0.25, 0.3) is 0 Å². The summed E-state index contributed by atoms with van der Waals surface area (Å²) in [6.07, 6.45) is 5.41. The van der Waals surface area contributed by atoms with E-state index in [1.807, 2.05) is 0 Å². The van der Waals surface area contributed by atoms with Crippen molar-refractivity contribution in [3.05, 3.63) is 23.7 Å². The van der Waals surface area contributed by atoms with E-state index in [-0.39, 0.29) is 0 Å². The third-order valence-electron chi connectivity index (χ3n) is 2.95. The van der Waals surface area contributed by atoms with E-state index in [2.05, 4.69) is 65.3 Å². The Morgan fingerprint density at radius 3 is 1.37 bits per heavy atom. The van der Waals surface area contributed by atoms with Gasteiger partial charge in [0.05, 0.1) is 17.9 Å². The van der Waals surface area contributed by atoms with Gasteiger partial charge in [-0.25, -0.2) is 0 Å². The monoisotopic (exact) mass is 298 g/mol. The summed E-state index contributed by atoms with van der Waals surface area (Å²) in [5, 5.41) is 0. The van der Waals surface area contributed by atoms with Gasteiger partial charge in [-0.15, -0.1) is 0 Å². The van der Waals surface area contributed by atoms with Gasteiger partial charge >= 0.3 is 0 Å². The first kappa shape index (κ1) is 16.6. The van der Waals surface area contributed by atoms with E-state index in [1.165, 1.54) is 0 Å². The molecule has 1 aliphatic rings. The fraction of sp³-hybridized carbons (Fsp3) is 0.733. The Kier molecular flexibility index (Phi) is 5.12. The van der Waals surface area contributed by atoms with Gasteiger partial charge in [-0.3, -0.25) is 0 Å². The highest BCUT2D eigenvalue weighted by molar-refractivity contribution is 6.70. The van der Waals surface area contributed by atoms with E-state index in [0.717, 1.165) is 17.9 Å². The average molecular weight is 299 g/mol. The van der Waals surface area contributed by atoms with Gasteiger partial charge in [-0.1, -0.05) is 13.8 Å². The van der Waals surface area contributed by atoms with Gasteiger partial charge in [-0.05, 0) is 63.3 Å². The van der Waals surface area contributed by atoms with Crippen LogP contribution >= 0.6 is 0 Å². The molecular formula is C15H30O2Si2. The Hall–Kier alpha value is -0.486. The molecule has 0 aliphatic heterocycles. The van der Waals surface area contributed by atoms with Gasteiger partial charge in [-0.2, -0.15) is 0 Å². The van der Waals surface area contributed by atoms with Gasteiger partial charge in [0.15, 0.2) is 0 Å². The quantitative estimate of drug-likeness (QED) is 0.670. The van der Waals surface area contributed by atoms with Crippen molar-refractivity contribution in [1.29, 1.82) is 0 Å². The zero-order chi connectivity index (χ0) is 14.8. The van der Waals surface area contributed by atoms with Crippen LogP contribution in [0.2, 0.25) is 39.3 Å². The average Bonchev–Trinajstić information content (AvgIpc) is 2.20. The molecule has 1 rings (SSSR count). The molecule has 0 N–H and O–H groups in total. The molecule has 0 aromatic heterocycles. The van der Waals surface area contributed by atoms with E-state index in [4.69, 9.17) is 8.85 Å². The first-order valence-corrected chi connectivity index (χ1v) is 14.1. The highest BCUT2D eigenvalue weighted by atomic mass is 28.4. The lowest BCUT2D eigenvalue weighted by Gasteiger charge is -2.25. The third kappa shape index (κ3) is 6.48. The highest BCUT2D eigenvalue weighted by Gasteiger charge is 2.25. The maximum absolute atomic E-state index is 6.22. The second kappa shape index (κ2) is 5.87. The summed E-state index contributed by atoms with van der Waals surface area (Å²) < 4.78 is 12.4. The number of rotatable bonds is 4. The molecule has 0 amide bonds. The SMILES string of the molecule is C[C@@H]1C=C(O[Si](C)(C)C)CC(O[Si](C)(C)C)=C[C@@H]1C. The van der Waals surface area contributed by atoms with Crippen LogP contribution in [-0.2, 0) is 8.85 Å². The molecule has 0 heterocycles. The summed E-state index contributed by atoms with van der Waals surface area (Å²) in [6, 6.07) is 0. The first-order valence-electron chi connectivity index (χ1n) is 7.26. The Bertz CT molecular complexity index is 337. The van der Waals surface area contributed by atoms with Crippen LogP contribution in [-0.4, -0.2) is 16.6 Å². The highest BCUT2D eigenvalue weighted by Crippen LogP contribution is 2.30. The van der Waals surface area contributed by atoms with E-state index in [1.54, 1.807) is 0 Å². The van der Waals surface area contributed by atoms with E-state index in [9.17, 15) is 0 Å². The molecule has 0 spiro atoms. The second-order valence-corrected chi connectivity index (χ2v) is 16.4. The molecule has 2 nitrogen and oxygen atoms in total. The Morgan fingerprint density at radius 1 is 0.789 bits per heavy atom. The zero-order valence-electron chi connectivity index (χ0n) is 13.8. The first-order chi connectivity index (χ1) is 8.46. The third-order valence-corrected chi connectivity index (χ3v) is 4.70. The Morgan fingerprint density at radius 2 is 1.11 bits per heavy atom. The minimum absolute atomic E-state index is 0.508. The summed E-state index contributed by atoms with van der Waals surface area (Å²) >= 11 is 0. The van der Waals surface area contributed by atoms with Crippen molar-refractivity contribution in [1.82, 2.24) is 0 Å². The maximum Gasteiger partial charge on any atom is 0.241 e. The fourth-order valence-electron chi connectivity index (χ4n) is 2.11. The van der Waals surface area contributed by atoms with Crippen LogP contribution in [0.1, 0.15) is 20.3 Å². The van der Waals surface area contributed by atoms with Gasteiger partial charge in [0, 0.05) is 0 Å². The minimum atomic E-state index is -1.55. The van der Waals surface area contributed by atoms with Crippen molar-refractivity contribution < 1.29 is 8.85 Å². The maximum atomic E-state index is 6.22. The summed E-state index contributed by atoms with van der Waals surface area (Å²) in [4.78, 5) is 0. The molecule has 0 radical (unpaired) electrons. The van der Waals surface area contributed by atoms with Crippen LogP contribution in [0.15, 0.2) is 23.7 Å². The van der Waals surface area contributed by atoms with E-state index >= 15 is 0 Å². The lowest BCUT2D eigenvalue weighted by Crippen LogP contribution is -2.27. The van der Waals surface area contributed by atoms with Crippen LogP contribution in [0.4, 0.5) is 0 Å². The van der Waals surface area contributed by atoms with Crippen molar-refractivity contribution in [2.75, 3.05) is 0 Å². The number of hydrogen-bond acceptors (Lipinski definition) is 2. The second-order valence-electron chi connectivity index (χ2n) is 7.59. The van der Waals surface area contributed by atoms with Crippen molar-refractivity contribution in [3.63, 3.8) is 0 Å². The lowest BCUT2D eigenvalue weighted by atomic mass is 9.96. The molecule has 110 valence electrons. The van der Waals surface area contributed by atoms with Crippen molar-refractivity contribution >= 4 is 16.6 Å². The van der Waals surface area contributed by atoms with Crippen molar-refractivity contribution in [3.8, 4) is 0 Å². The molecule has 0 bridgehead atoms. The number of hydrogen-bond donors (Lipinski definition) is 0. The van der Waals surface area contributed by atoms with Gasteiger partial charge in [0.25, 0.3) is 0 Å². The van der Waals surface area contributed by atoms with E-state index < -0.39 is 16.6 Å². The molecule has 1 aliphatic carbocycles. The molecule has 0 aromatic carbocycles.